The van der Waals surface area contributed by atoms with Gasteiger partial charge in [-0.25, -0.2) is 13.8 Å². The summed E-state index contributed by atoms with van der Waals surface area (Å²) in [6.45, 7) is 0. The molecule has 1 aliphatic heterocycles. The highest BCUT2D eigenvalue weighted by Gasteiger charge is 2.43. The van der Waals surface area contributed by atoms with Crippen molar-refractivity contribution < 1.29 is 23.2 Å². The maximum Gasteiger partial charge on any atom is 0.426 e. The van der Waals surface area contributed by atoms with Crippen LogP contribution in [0.25, 0.3) is 17.0 Å². The highest BCUT2D eigenvalue weighted by Crippen LogP contribution is 2.51. The van der Waals surface area contributed by atoms with Gasteiger partial charge in [0, 0.05) is 29.3 Å². The summed E-state index contributed by atoms with van der Waals surface area (Å²) in [5.41, 5.74) is 0.609. The minimum Gasteiger partial charge on any atom is -0.456 e. The molecule has 0 N–H and O–H groups in total. The van der Waals surface area contributed by atoms with Crippen LogP contribution in [0.4, 0.5) is 10.1 Å². The van der Waals surface area contributed by atoms with Crippen LogP contribution in [0, 0.1) is 15.9 Å². The summed E-state index contributed by atoms with van der Waals surface area (Å²) in [5, 5.41) is 11.0. The van der Waals surface area contributed by atoms with E-state index >= 15 is 0 Å². The number of hydrogen-bond donors (Lipinski definition) is 0. The summed E-state index contributed by atoms with van der Waals surface area (Å²) < 4.78 is 32.3. The molecule has 0 spiro atoms. The van der Waals surface area contributed by atoms with Crippen LogP contribution in [-0.2, 0) is 4.74 Å². The van der Waals surface area contributed by atoms with Gasteiger partial charge in [0.05, 0.1) is 22.1 Å². The molecule has 2 unspecified atom stereocenters. The SMILES string of the molecule is O=c1oc2c(c(=O)n1-c1ccc([N+](=O)[O-])cc1)C1C=C(Oc3ccccc3F)OC1c1ccccc1-2. The molecule has 6 rings (SSSR count). The molecule has 9 nitrogen and oxygen atoms in total. The number of ether oxygens (including phenoxy) is 2. The number of halogens is 1. The summed E-state index contributed by atoms with van der Waals surface area (Å²) in [6, 6.07) is 17.8. The largest absolute Gasteiger partial charge is 0.456 e. The number of rotatable bonds is 4. The number of aromatic nitrogens is 1. The fraction of sp³-hybridized carbons (Fsp3) is 0.0769. The van der Waals surface area contributed by atoms with E-state index in [0.29, 0.717) is 11.1 Å². The first-order chi connectivity index (χ1) is 17.4. The van der Waals surface area contributed by atoms with Gasteiger partial charge in [-0.1, -0.05) is 36.4 Å². The number of hydrogen-bond acceptors (Lipinski definition) is 7. The minimum absolute atomic E-state index is 0.00485. The Morgan fingerprint density at radius 3 is 2.44 bits per heavy atom. The lowest BCUT2D eigenvalue weighted by molar-refractivity contribution is -0.384. The summed E-state index contributed by atoms with van der Waals surface area (Å²) in [4.78, 5) is 37.1. The van der Waals surface area contributed by atoms with Crippen molar-refractivity contribution >= 4 is 5.69 Å². The van der Waals surface area contributed by atoms with Gasteiger partial charge >= 0.3 is 5.76 Å². The molecule has 0 radical (unpaired) electrons. The summed E-state index contributed by atoms with van der Waals surface area (Å²) in [7, 11) is 0. The molecule has 2 atom stereocenters. The summed E-state index contributed by atoms with van der Waals surface area (Å²) in [6.07, 6.45) is 0.870. The number of benzene rings is 3. The predicted octanol–water partition coefficient (Wildman–Crippen LogP) is 4.59. The standard InChI is InChI=1S/C26H15FN2O7/c27-19-7-3-4-8-20(19)34-21-13-18-22-24(17-6-2-1-5-16(17)23(18)35-21)36-26(31)28(25(22)30)14-9-11-15(12-10-14)29(32)33/h1-13,18,23H. The zero-order valence-electron chi connectivity index (χ0n) is 18.3. The van der Waals surface area contributed by atoms with Gasteiger partial charge in [0.2, 0.25) is 0 Å². The lowest BCUT2D eigenvalue weighted by Gasteiger charge is -2.27. The topological polar surface area (TPSA) is 114 Å². The van der Waals surface area contributed by atoms with Gasteiger partial charge in [0.25, 0.3) is 17.2 Å². The van der Waals surface area contributed by atoms with E-state index in [4.69, 9.17) is 13.9 Å². The first-order valence-corrected chi connectivity index (χ1v) is 10.9. The highest BCUT2D eigenvalue weighted by molar-refractivity contribution is 5.71. The molecule has 1 aromatic heterocycles. The van der Waals surface area contributed by atoms with Crippen LogP contribution in [0.5, 0.6) is 5.75 Å². The van der Waals surface area contributed by atoms with E-state index in [2.05, 4.69) is 0 Å². The first kappa shape index (κ1) is 21.5. The second-order valence-corrected chi connectivity index (χ2v) is 8.19. The first-order valence-electron chi connectivity index (χ1n) is 10.9. The van der Waals surface area contributed by atoms with Crippen molar-refractivity contribution in [2.24, 2.45) is 0 Å². The summed E-state index contributed by atoms with van der Waals surface area (Å²) >= 11 is 0. The molecule has 0 bridgehead atoms. The van der Waals surface area contributed by atoms with E-state index in [-0.39, 0.29) is 34.4 Å². The maximum atomic E-state index is 14.2. The maximum absolute atomic E-state index is 14.2. The molecule has 1 aliphatic carbocycles. The lowest BCUT2D eigenvalue weighted by Crippen LogP contribution is -2.36. The zero-order valence-corrected chi connectivity index (χ0v) is 18.3. The van der Waals surface area contributed by atoms with Crippen molar-refractivity contribution in [2.75, 3.05) is 0 Å². The van der Waals surface area contributed by atoms with E-state index in [1.54, 1.807) is 36.4 Å². The van der Waals surface area contributed by atoms with Crippen LogP contribution in [0.1, 0.15) is 23.1 Å². The molecule has 2 heterocycles. The predicted molar refractivity (Wildman–Crippen MR) is 124 cm³/mol. The molecule has 0 amide bonds. The number of nitrogens with zero attached hydrogens (tertiary/aromatic N) is 2. The van der Waals surface area contributed by atoms with E-state index in [0.717, 1.165) is 4.57 Å². The Kier molecular flexibility index (Phi) is 4.82. The van der Waals surface area contributed by atoms with Crippen molar-refractivity contribution in [1.82, 2.24) is 4.57 Å². The van der Waals surface area contributed by atoms with Crippen LogP contribution >= 0.6 is 0 Å². The highest BCUT2D eigenvalue weighted by atomic mass is 19.1. The molecule has 10 heteroatoms. The van der Waals surface area contributed by atoms with Crippen molar-refractivity contribution in [3.05, 3.63) is 133 Å². The van der Waals surface area contributed by atoms with Gasteiger partial charge < -0.3 is 13.9 Å². The lowest BCUT2D eigenvalue weighted by atomic mass is 9.81. The number of nitro benzene ring substituents is 1. The Morgan fingerprint density at radius 2 is 1.69 bits per heavy atom. The van der Waals surface area contributed by atoms with Gasteiger partial charge in [-0.15, -0.1) is 0 Å². The van der Waals surface area contributed by atoms with Crippen molar-refractivity contribution in [3.8, 4) is 22.8 Å². The third kappa shape index (κ3) is 3.30. The third-order valence-electron chi connectivity index (χ3n) is 6.15. The van der Waals surface area contributed by atoms with E-state index in [9.17, 15) is 24.1 Å². The van der Waals surface area contributed by atoms with Crippen molar-refractivity contribution in [2.45, 2.75) is 12.0 Å². The molecular weight excluding hydrogens is 471 g/mol. The molecule has 4 aromatic rings. The average Bonchev–Trinajstić information content (AvgIpc) is 3.29. The molecule has 2 aliphatic rings. The smallest absolute Gasteiger partial charge is 0.426 e. The van der Waals surface area contributed by atoms with Gasteiger partial charge in [-0.2, -0.15) is 0 Å². The van der Waals surface area contributed by atoms with E-state index in [1.165, 1.54) is 42.5 Å². The van der Waals surface area contributed by atoms with Crippen LogP contribution < -0.4 is 16.1 Å². The molecule has 0 saturated heterocycles. The Bertz CT molecular complexity index is 1690. The molecule has 178 valence electrons. The van der Waals surface area contributed by atoms with E-state index < -0.39 is 34.1 Å². The second-order valence-electron chi connectivity index (χ2n) is 8.19. The Balaban J connectivity index is 1.52. The number of fused-ring (bicyclic) bond motifs is 6. The summed E-state index contributed by atoms with van der Waals surface area (Å²) in [5.74, 6) is -2.15. The fourth-order valence-corrected chi connectivity index (χ4v) is 4.54. The Hall–Kier alpha value is -4.99. The molecule has 36 heavy (non-hydrogen) atoms. The Labute approximate surface area is 201 Å². The van der Waals surface area contributed by atoms with Crippen LogP contribution in [0.2, 0.25) is 0 Å². The Morgan fingerprint density at radius 1 is 0.972 bits per heavy atom. The molecular formula is C26H15FN2O7. The van der Waals surface area contributed by atoms with Gasteiger partial charge in [-0.05, 0) is 24.3 Å². The molecule has 0 fully saturated rings. The monoisotopic (exact) mass is 486 g/mol. The minimum atomic E-state index is -0.938. The quantitative estimate of drug-likeness (QED) is 0.306. The zero-order chi connectivity index (χ0) is 25.0. The fourth-order valence-electron chi connectivity index (χ4n) is 4.54. The number of non-ortho nitro benzene ring substituents is 1. The van der Waals surface area contributed by atoms with Crippen molar-refractivity contribution in [3.63, 3.8) is 0 Å². The van der Waals surface area contributed by atoms with Gasteiger partial charge in [0.1, 0.15) is 11.9 Å². The second kappa shape index (κ2) is 8.05. The van der Waals surface area contributed by atoms with Crippen LogP contribution in [0.3, 0.4) is 0 Å². The normalized spacial score (nSPS) is 17.3. The molecule has 0 saturated carbocycles. The number of nitro groups is 1. The van der Waals surface area contributed by atoms with Gasteiger partial charge in [0.15, 0.2) is 11.6 Å². The average molecular weight is 486 g/mol. The third-order valence-corrected chi connectivity index (χ3v) is 6.15. The van der Waals surface area contributed by atoms with Gasteiger partial charge in [-0.3, -0.25) is 14.9 Å². The van der Waals surface area contributed by atoms with E-state index in [1.807, 2.05) is 0 Å². The number of para-hydroxylation sites is 1. The van der Waals surface area contributed by atoms with Crippen molar-refractivity contribution in [1.29, 1.82) is 0 Å². The van der Waals surface area contributed by atoms with Crippen LogP contribution in [0.15, 0.2) is 98.8 Å². The molecule has 3 aromatic carbocycles. The van der Waals surface area contributed by atoms with Crippen LogP contribution in [-0.4, -0.2) is 9.49 Å².